The number of aromatic nitrogens is 2. The Hall–Kier alpha value is -6.80. The molecule has 1 aliphatic rings. The number of aryl methyl sites for hydroxylation is 1. The average Bonchev–Trinajstić information content (AvgIpc) is 3.69. The highest BCUT2D eigenvalue weighted by atomic mass is 16.7. The molecular formula is C44H47N7O7. The first-order chi connectivity index (χ1) is 28.2. The monoisotopic (exact) mass is 785 g/mol. The topological polar surface area (TPSA) is 184 Å². The van der Waals surface area contributed by atoms with E-state index in [0.29, 0.717) is 72.9 Å². The van der Waals surface area contributed by atoms with Crippen molar-refractivity contribution in [1.82, 2.24) is 25.5 Å². The second kappa shape index (κ2) is 20.4. The van der Waals surface area contributed by atoms with E-state index in [4.69, 9.17) is 9.47 Å². The van der Waals surface area contributed by atoms with Crippen LogP contribution in [0.3, 0.4) is 0 Å². The molecule has 1 aliphatic heterocycles. The van der Waals surface area contributed by atoms with Gasteiger partial charge in [-0.15, -0.1) is 0 Å². The van der Waals surface area contributed by atoms with E-state index in [-0.39, 0.29) is 25.5 Å². The van der Waals surface area contributed by atoms with Crippen LogP contribution in [0.2, 0.25) is 0 Å². The number of nitrogens with zero attached hydrogens (tertiary/aromatic N) is 3. The lowest BCUT2D eigenvalue weighted by atomic mass is 10.0. The summed E-state index contributed by atoms with van der Waals surface area (Å²) in [6.07, 6.45) is 4.70. The van der Waals surface area contributed by atoms with Gasteiger partial charge in [-0.3, -0.25) is 29.3 Å². The van der Waals surface area contributed by atoms with Crippen molar-refractivity contribution in [3.05, 3.63) is 144 Å². The quantitative estimate of drug-likeness (QED) is 0.0588. The van der Waals surface area contributed by atoms with Gasteiger partial charge in [0.1, 0.15) is 6.04 Å². The zero-order valence-electron chi connectivity index (χ0n) is 32.2. The molecule has 0 saturated carbocycles. The fourth-order valence-electron chi connectivity index (χ4n) is 6.57. The predicted octanol–water partition coefficient (Wildman–Crippen LogP) is 6.39. The lowest BCUT2D eigenvalue weighted by Crippen LogP contribution is -2.48. The van der Waals surface area contributed by atoms with Gasteiger partial charge in [-0.2, -0.15) is 0 Å². The van der Waals surface area contributed by atoms with Crippen molar-refractivity contribution in [3.8, 4) is 11.5 Å². The van der Waals surface area contributed by atoms with Crippen molar-refractivity contribution in [2.75, 3.05) is 24.0 Å². The maximum absolute atomic E-state index is 14.0. The van der Waals surface area contributed by atoms with Crippen molar-refractivity contribution >= 4 is 35.2 Å². The molecule has 5 N–H and O–H groups in total. The first-order valence-corrected chi connectivity index (χ1v) is 19.1. The second-order valence-corrected chi connectivity index (χ2v) is 14.0. The van der Waals surface area contributed by atoms with E-state index in [0.717, 1.165) is 17.0 Å². The minimum Gasteiger partial charge on any atom is -0.481 e. The van der Waals surface area contributed by atoms with E-state index < -0.39 is 30.0 Å². The number of urea groups is 1. The zero-order chi connectivity index (χ0) is 40.7. The third-order valence-corrected chi connectivity index (χ3v) is 9.56. The minimum atomic E-state index is -1.10. The minimum absolute atomic E-state index is 0.0257. The van der Waals surface area contributed by atoms with Crippen molar-refractivity contribution < 1.29 is 33.8 Å². The molecule has 5 aromatic rings. The molecule has 14 heteroatoms. The maximum Gasteiger partial charge on any atom is 0.323 e. The molecule has 3 heterocycles. The van der Waals surface area contributed by atoms with Gasteiger partial charge in [0, 0.05) is 36.9 Å². The zero-order valence-corrected chi connectivity index (χ0v) is 32.2. The number of ether oxygens (including phenoxy) is 2. The molecule has 0 radical (unpaired) electrons. The summed E-state index contributed by atoms with van der Waals surface area (Å²) in [5.74, 6) is -1.00. The Kier molecular flexibility index (Phi) is 14.4. The summed E-state index contributed by atoms with van der Waals surface area (Å²) in [4.78, 5) is 63.3. The molecule has 14 nitrogen and oxygen atoms in total. The third kappa shape index (κ3) is 12.4. The molecule has 300 valence electrons. The number of carboxylic acids is 1. The summed E-state index contributed by atoms with van der Waals surface area (Å²) >= 11 is 0. The number of para-hydroxylation sites is 1. The number of carboxylic acid groups (broad SMARTS) is 1. The summed E-state index contributed by atoms with van der Waals surface area (Å²) in [7, 11) is 0. The molecule has 6 rings (SSSR count). The Balaban J connectivity index is 1.11. The number of benzene rings is 3. The van der Waals surface area contributed by atoms with Gasteiger partial charge in [-0.05, 0) is 104 Å². The first-order valence-electron chi connectivity index (χ1n) is 19.1. The smallest absolute Gasteiger partial charge is 0.323 e. The van der Waals surface area contributed by atoms with Crippen LogP contribution in [0.25, 0.3) is 0 Å². The number of hydrogen-bond donors (Lipinski definition) is 5. The lowest BCUT2D eigenvalue weighted by molar-refractivity contribution is -0.138. The molecule has 0 bridgehead atoms. The summed E-state index contributed by atoms with van der Waals surface area (Å²) in [6, 6.07) is 28.7. The fraction of sp³-hybridized carbons (Fsp3) is 0.273. The number of carbonyl (C=O) groups excluding carboxylic acids is 3. The molecule has 0 unspecified atom stereocenters. The Bertz CT molecular complexity index is 2110. The van der Waals surface area contributed by atoms with Crippen LogP contribution in [0.1, 0.15) is 59.8 Å². The summed E-state index contributed by atoms with van der Waals surface area (Å²) in [6.45, 7) is 3.84. The number of amides is 4. The molecule has 4 amide bonds. The standard InChI is InChI=1S/C44H47N7O7/c1-30-10-2-3-13-36(30)50-44(56)47-33-18-15-31(16-19-33)24-41(52)48-37(43(55)49-38(26-42(53)54)32-17-20-39-40(25-32)58-29-57-39)14-6-9-23-51(27-34-11-4-7-21-45-34)28-35-12-5-8-22-46-35/h2-5,7-8,10-13,15-22,25,37-38H,6,9,14,23-24,26-29H2,1H3,(H,48,52)(H,49,55)(H,53,54)(H2,47,50,56)/t37-,38-/m0/s1. The van der Waals surface area contributed by atoms with E-state index in [1.165, 1.54) is 0 Å². The van der Waals surface area contributed by atoms with E-state index in [1.54, 1.807) is 54.9 Å². The Labute approximate surface area is 337 Å². The van der Waals surface area contributed by atoms with E-state index in [9.17, 15) is 24.3 Å². The number of rotatable bonds is 19. The van der Waals surface area contributed by atoms with Crippen molar-refractivity contribution in [3.63, 3.8) is 0 Å². The van der Waals surface area contributed by atoms with Crippen LogP contribution >= 0.6 is 0 Å². The number of unbranched alkanes of at least 4 members (excludes halogenated alkanes) is 1. The molecule has 2 atom stereocenters. The molecule has 3 aromatic carbocycles. The van der Waals surface area contributed by atoms with Gasteiger partial charge in [0.25, 0.3) is 0 Å². The molecular weight excluding hydrogens is 739 g/mol. The van der Waals surface area contributed by atoms with Gasteiger partial charge < -0.3 is 35.8 Å². The number of aliphatic carboxylic acids is 1. The van der Waals surface area contributed by atoms with Crippen LogP contribution < -0.4 is 30.7 Å². The van der Waals surface area contributed by atoms with E-state index in [2.05, 4.69) is 36.1 Å². The average molecular weight is 786 g/mol. The van der Waals surface area contributed by atoms with Crippen molar-refractivity contribution in [1.29, 1.82) is 0 Å². The summed E-state index contributed by atoms with van der Waals surface area (Å²) in [5.41, 5.74) is 5.22. The molecule has 0 spiro atoms. The Morgan fingerprint density at radius 3 is 2.14 bits per heavy atom. The van der Waals surface area contributed by atoms with Crippen LogP contribution in [-0.2, 0) is 33.9 Å². The number of hydrogen-bond acceptors (Lipinski definition) is 9. The summed E-state index contributed by atoms with van der Waals surface area (Å²) < 4.78 is 10.9. The van der Waals surface area contributed by atoms with E-state index in [1.807, 2.05) is 67.6 Å². The van der Waals surface area contributed by atoms with Gasteiger partial charge in [0.15, 0.2) is 11.5 Å². The van der Waals surface area contributed by atoms with Crippen LogP contribution in [-0.4, -0.2) is 63.2 Å². The molecule has 0 saturated heterocycles. The normalized spacial score (nSPS) is 12.7. The Morgan fingerprint density at radius 2 is 1.47 bits per heavy atom. The number of carbonyl (C=O) groups is 4. The Morgan fingerprint density at radius 1 is 0.776 bits per heavy atom. The van der Waals surface area contributed by atoms with Gasteiger partial charge in [0.05, 0.1) is 30.3 Å². The van der Waals surface area contributed by atoms with Gasteiger partial charge in [-0.25, -0.2) is 4.79 Å². The molecule has 0 fully saturated rings. The number of anilines is 2. The maximum atomic E-state index is 14.0. The number of nitrogens with one attached hydrogen (secondary N) is 4. The first kappa shape index (κ1) is 40.9. The van der Waals surface area contributed by atoms with Gasteiger partial charge >= 0.3 is 12.0 Å². The number of pyridine rings is 2. The van der Waals surface area contributed by atoms with Crippen LogP contribution in [0.5, 0.6) is 11.5 Å². The molecule has 0 aliphatic carbocycles. The summed E-state index contributed by atoms with van der Waals surface area (Å²) in [5, 5.41) is 21.2. The van der Waals surface area contributed by atoms with Crippen molar-refractivity contribution in [2.24, 2.45) is 0 Å². The highest BCUT2D eigenvalue weighted by molar-refractivity contribution is 6.00. The molecule has 2 aromatic heterocycles. The van der Waals surface area contributed by atoms with Crippen molar-refractivity contribution in [2.45, 2.75) is 64.2 Å². The highest BCUT2D eigenvalue weighted by Gasteiger charge is 2.27. The van der Waals surface area contributed by atoms with E-state index >= 15 is 0 Å². The largest absolute Gasteiger partial charge is 0.481 e. The molecule has 58 heavy (non-hydrogen) atoms. The van der Waals surface area contributed by atoms with Crippen LogP contribution in [0, 0.1) is 6.92 Å². The van der Waals surface area contributed by atoms with Crippen LogP contribution in [0.4, 0.5) is 16.2 Å². The third-order valence-electron chi connectivity index (χ3n) is 9.56. The van der Waals surface area contributed by atoms with Gasteiger partial charge in [-0.1, -0.05) is 48.5 Å². The lowest BCUT2D eigenvalue weighted by Gasteiger charge is -2.24. The highest BCUT2D eigenvalue weighted by Crippen LogP contribution is 2.35. The fourth-order valence-corrected chi connectivity index (χ4v) is 6.57. The second-order valence-electron chi connectivity index (χ2n) is 14.0. The SMILES string of the molecule is Cc1ccccc1NC(=O)Nc1ccc(CC(=O)N[C@@H](CCCCN(Cc2ccccn2)Cc2ccccn2)C(=O)N[C@@H](CC(=O)O)c2ccc3c(c2)OCO3)cc1. The van der Waals surface area contributed by atoms with Crippen LogP contribution in [0.15, 0.2) is 116 Å². The predicted molar refractivity (Wildman–Crippen MR) is 218 cm³/mol. The number of fused-ring (bicyclic) bond motifs is 1. The van der Waals surface area contributed by atoms with Gasteiger partial charge in [0.2, 0.25) is 18.6 Å².